The molecule has 0 heterocycles. The van der Waals surface area contributed by atoms with Crippen LogP contribution < -0.4 is 4.99 Å². The van der Waals surface area contributed by atoms with Crippen LogP contribution >= 0.6 is 0 Å². The van der Waals surface area contributed by atoms with Gasteiger partial charge in [-0.2, -0.15) is 0 Å². The molecule has 0 aliphatic carbocycles. The standard InChI is InChI=1S/C15H19N/c1-11(2)15(16-12(3)4)13(5)14-9-7-6-8-10-14/h6-10H,5H2,1-4H3/p+1. The molecule has 16 heavy (non-hydrogen) atoms. The second-order valence-corrected chi connectivity index (χ2v) is 4.34. The predicted molar refractivity (Wildman–Crippen MR) is 71.2 cm³/mol. The number of nitrogens with one attached hydrogen (secondary N) is 1. The van der Waals surface area contributed by atoms with Crippen LogP contribution in [0.25, 0.3) is 5.57 Å². The van der Waals surface area contributed by atoms with E-state index in [9.17, 15) is 0 Å². The van der Waals surface area contributed by atoms with Gasteiger partial charge in [-0.1, -0.05) is 36.9 Å². The SMILES string of the molecule is C=C(C([NH+]=C(C)C)=C(C)C)c1ccccc1. The highest BCUT2D eigenvalue weighted by Gasteiger charge is 2.11. The second-order valence-electron chi connectivity index (χ2n) is 4.34. The number of hydrogen-bond acceptors (Lipinski definition) is 0. The molecule has 0 saturated carbocycles. The van der Waals surface area contributed by atoms with Gasteiger partial charge in [0.2, 0.25) is 5.70 Å². The maximum Gasteiger partial charge on any atom is 0.209 e. The lowest BCUT2D eigenvalue weighted by Gasteiger charge is -2.04. The normalized spacial score (nSPS) is 9.50. The van der Waals surface area contributed by atoms with E-state index >= 15 is 0 Å². The molecule has 1 nitrogen and oxygen atoms in total. The zero-order chi connectivity index (χ0) is 12.1. The quantitative estimate of drug-likeness (QED) is 0.587. The first-order valence-corrected chi connectivity index (χ1v) is 5.51. The molecule has 1 rings (SSSR count). The topological polar surface area (TPSA) is 14.0 Å². The fourth-order valence-corrected chi connectivity index (χ4v) is 1.54. The highest BCUT2D eigenvalue weighted by atomic mass is 14.8. The van der Waals surface area contributed by atoms with Crippen molar-refractivity contribution in [2.24, 2.45) is 0 Å². The van der Waals surface area contributed by atoms with Crippen molar-refractivity contribution < 1.29 is 4.99 Å². The summed E-state index contributed by atoms with van der Waals surface area (Å²) in [5.41, 5.74) is 5.74. The van der Waals surface area contributed by atoms with E-state index in [1.807, 2.05) is 18.2 Å². The van der Waals surface area contributed by atoms with E-state index in [0.717, 1.165) is 16.8 Å². The Labute approximate surface area is 98.2 Å². The predicted octanol–water partition coefficient (Wildman–Crippen LogP) is 2.56. The van der Waals surface area contributed by atoms with Crippen LogP contribution in [0.15, 0.2) is 48.2 Å². The van der Waals surface area contributed by atoms with Crippen LogP contribution in [0.3, 0.4) is 0 Å². The molecule has 1 N–H and O–H groups in total. The van der Waals surface area contributed by atoms with Crippen LogP contribution in [0.5, 0.6) is 0 Å². The lowest BCUT2D eigenvalue weighted by molar-refractivity contribution is -0.390. The van der Waals surface area contributed by atoms with E-state index < -0.39 is 0 Å². The van der Waals surface area contributed by atoms with Crippen molar-refractivity contribution >= 4 is 11.3 Å². The van der Waals surface area contributed by atoms with Crippen LogP contribution in [0, 0.1) is 0 Å². The number of rotatable bonds is 3. The lowest BCUT2D eigenvalue weighted by Crippen LogP contribution is -2.70. The monoisotopic (exact) mass is 214 g/mol. The van der Waals surface area contributed by atoms with Gasteiger partial charge in [0, 0.05) is 19.4 Å². The molecule has 0 atom stereocenters. The molecule has 84 valence electrons. The van der Waals surface area contributed by atoms with Crippen molar-refractivity contribution in [3.8, 4) is 0 Å². The Hall–Kier alpha value is -1.63. The summed E-state index contributed by atoms with van der Waals surface area (Å²) in [6.45, 7) is 12.5. The summed E-state index contributed by atoms with van der Waals surface area (Å²) < 4.78 is 0. The molecule has 1 aromatic carbocycles. The Morgan fingerprint density at radius 2 is 1.56 bits per heavy atom. The summed E-state index contributed by atoms with van der Waals surface area (Å²) in [5.74, 6) is 0. The van der Waals surface area contributed by atoms with Crippen LogP contribution in [-0.4, -0.2) is 5.71 Å². The van der Waals surface area contributed by atoms with E-state index in [0.29, 0.717) is 0 Å². The molecule has 0 radical (unpaired) electrons. The Morgan fingerprint density at radius 3 is 2.00 bits per heavy atom. The molecule has 0 bridgehead atoms. The first-order valence-electron chi connectivity index (χ1n) is 5.51. The average Bonchev–Trinajstić information content (AvgIpc) is 2.25. The van der Waals surface area contributed by atoms with Gasteiger partial charge in [-0.25, -0.2) is 4.99 Å². The minimum absolute atomic E-state index is 1.04. The van der Waals surface area contributed by atoms with Gasteiger partial charge in [-0.3, -0.25) is 0 Å². The molecule has 0 spiro atoms. The van der Waals surface area contributed by atoms with Crippen molar-refractivity contribution in [2.45, 2.75) is 27.7 Å². The Morgan fingerprint density at radius 1 is 1.00 bits per heavy atom. The second kappa shape index (κ2) is 5.45. The van der Waals surface area contributed by atoms with Crippen molar-refractivity contribution in [3.63, 3.8) is 0 Å². The summed E-state index contributed by atoms with van der Waals surface area (Å²) >= 11 is 0. The van der Waals surface area contributed by atoms with Gasteiger partial charge in [0.25, 0.3) is 0 Å². The van der Waals surface area contributed by atoms with Crippen LogP contribution in [-0.2, 0) is 0 Å². The number of benzene rings is 1. The zero-order valence-electron chi connectivity index (χ0n) is 10.6. The molecule has 1 heteroatoms. The molecule has 0 amide bonds. The molecule has 1 aromatic rings. The summed E-state index contributed by atoms with van der Waals surface area (Å²) in [6.07, 6.45) is 0. The lowest BCUT2D eigenvalue weighted by atomic mass is 10.0. The van der Waals surface area contributed by atoms with E-state index in [2.05, 4.69) is 51.4 Å². The summed E-state index contributed by atoms with van der Waals surface area (Å²) in [7, 11) is 0. The Kier molecular flexibility index (Phi) is 4.24. The number of hydrogen-bond donors (Lipinski definition) is 1. The van der Waals surface area contributed by atoms with E-state index in [1.165, 1.54) is 11.3 Å². The van der Waals surface area contributed by atoms with Gasteiger partial charge in [-0.05, 0) is 25.0 Å². The van der Waals surface area contributed by atoms with Gasteiger partial charge < -0.3 is 0 Å². The molecular formula is C15H20N+. The van der Waals surface area contributed by atoms with Gasteiger partial charge in [0.1, 0.15) is 5.71 Å². The largest absolute Gasteiger partial charge is 0.213 e. The Balaban J connectivity index is 3.14. The van der Waals surface area contributed by atoms with Gasteiger partial charge in [0.15, 0.2) is 0 Å². The summed E-state index contributed by atoms with van der Waals surface area (Å²) in [4.78, 5) is 3.37. The molecular weight excluding hydrogens is 194 g/mol. The molecule has 0 unspecified atom stereocenters. The van der Waals surface area contributed by atoms with E-state index in [4.69, 9.17) is 0 Å². The van der Waals surface area contributed by atoms with E-state index in [-0.39, 0.29) is 0 Å². The fraction of sp³-hybridized carbons (Fsp3) is 0.267. The first-order chi connectivity index (χ1) is 7.52. The van der Waals surface area contributed by atoms with Crippen LogP contribution in [0.4, 0.5) is 0 Å². The summed E-state index contributed by atoms with van der Waals surface area (Å²) in [6, 6.07) is 10.2. The third kappa shape index (κ3) is 3.20. The maximum atomic E-state index is 4.17. The van der Waals surface area contributed by atoms with Crippen LogP contribution in [0.2, 0.25) is 0 Å². The fourth-order valence-electron chi connectivity index (χ4n) is 1.54. The molecule has 0 saturated heterocycles. The van der Waals surface area contributed by atoms with Crippen molar-refractivity contribution in [3.05, 3.63) is 53.7 Å². The molecule has 0 aromatic heterocycles. The minimum atomic E-state index is 1.04. The third-order valence-electron chi connectivity index (χ3n) is 2.30. The highest BCUT2D eigenvalue weighted by molar-refractivity contribution is 5.78. The first kappa shape index (κ1) is 12.4. The molecule has 0 aliphatic heterocycles. The van der Waals surface area contributed by atoms with Crippen molar-refractivity contribution in [2.75, 3.05) is 0 Å². The molecule has 0 fully saturated rings. The number of allylic oxidation sites excluding steroid dienone is 2. The summed E-state index contributed by atoms with van der Waals surface area (Å²) in [5, 5.41) is 0. The van der Waals surface area contributed by atoms with Crippen LogP contribution in [0.1, 0.15) is 33.3 Å². The smallest absolute Gasteiger partial charge is 0.209 e. The van der Waals surface area contributed by atoms with Crippen molar-refractivity contribution in [1.82, 2.24) is 0 Å². The molecule has 0 aliphatic rings. The van der Waals surface area contributed by atoms with Gasteiger partial charge in [-0.15, -0.1) is 0 Å². The minimum Gasteiger partial charge on any atom is -0.213 e. The van der Waals surface area contributed by atoms with Gasteiger partial charge in [0.05, 0.1) is 0 Å². The van der Waals surface area contributed by atoms with E-state index in [1.54, 1.807) is 0 Å². The zero-order valence-corrected chi connectivity index (χ0v) is 10.6. The highest BCUT2D eigenvalue weighted by Crippen LogP contribution is 2.18. The van der Waals surface area contributed by atoms with Gasteiger partial charge >= 0.3 is 0 Å². The average molecular weight is 214 g/mol. The third-order valence-corrected chi connectivity index (χ3v) is 2.30. The van der Waals surface area contributed by atoms with Crippen molar-refractivity contribution in [1.29, 1.82) is 0 Å². The maximum absolute atomic E-state index is 4.17. The Bertz CT molecular complexity index is 428.